The summed E-state index contributed by atoms with van der Waals surface area (Å²) in [5.74, 6) is 0. The Labute approximate surface area is 107 Å². The largest absolute Gasteiger partial charge is 0.379 e. The molecule has 2 aromatic rings. The fourth-order valence-electron chi connectivity index (χ4n) is 1.36. The number of hydrogen-bond acceptors (Lipinski definition) is 4. The van der Waals surface area contributed by atoms with Gasteiger partial charge in [0.1, 0.15) is 0 Å². The van der Waals surface area contributed by atoms with Crippen molar-refractivity contribution in [2.24, 2.45) is 0 Å². The number of thiophene rings is 1. The smallest absolute Gasteiger partial charge is 0.271 e. The third-order valence-electron chi connectivity index (χ3n) is 2.20. The van der Waals surface area contributed by atoms with Gasteiger partial charge in [0, 0.05) is 23.6 Å². The molecule has 17 heavy (non-hydrogen) atoms. The monoisotopic (exact) mass is 268 g/mol. The standard InChI is InChI=1S/C11H9ClN2O2S/c12-10-6-8(14(15)16)3-4-11(10)13-7-9-2-1-5-17-9/h1-6,13H,7H2. The second kappa shape index (κ2) is 5.16. The van der Waals surface area contributed by atoms with Crippen molar-refractivity contribution in [2.45, 2.75) is 6.54 Å². The van der Waals surface area contributed by atoms with Gasteiger partial charge in [-0.25, -0.2) is 0 Å². The molecule has 0 fully saturated rings. The van der Waals surface area contributed by atoms with Crippen molar-refractivity contribution >= 4 is 34.3 Å². The van der Waals surface area contributed by atoms with E-state index in [0.717, 1.165) is 0 Å². The summed E-state index contributed by atoms with van der Waals surface area (Å²) >= 11 is 7.59. The summed E-state index contributed by atoms with van der Waals surface area (Å²) < 4.78 is 0. The molecule has 0 spiro atoms. The van der Waals surface area contributed by atoms with Crippen LogP contribution in [0.1, 0.15) is 4.88 Å². The summed E-state index contributed by atoms with van der Waals surface area (Å²) in [6.45, 7) is 0.662. The summed E-state index contributed by atoms with van der Waals surface area (Å²) in [5, 5.41) is 16.0. The van der Waals surface area contributed by atoms with Gasteiger partial charge in [-0.1, -0.05) is 17.7 Å². The molecule has 1 N–H and O–H groups in total. The van der Waals surface area contributed by atoms with Crippen molar-refractivity contribution in [1.82, 2.24) is 0 Å². The predicted octanol–water partition coefficient (Wildman–Crippen LogP) is 3.92. The summed E-state index contributed by atoms with van der Waals surface area (Å²) in [5.41, 5.74) is 0.697. The first-order valence-electron chi connectivity index (χ1n) is 4.87. The maximum atomic E-state index is 10.5. The molecule has 1 aromatic carbocycles. The Morgan fingerprint density at radius 1 is 1.41 bits per heavy atom. The van der Waals surface area contributed by atoms with Crippen molar-refractivity contribution in [3.05, 3.63) is 55.7 Å². The molecule has 0 radical (unpaired) electrons. The summed E-state index contributed by atoms with van der Waals surface area (Å²) in [7, 11) is 0. The summed E-state index contributed by atoms with van der Waals surface area (Å²) in [6.07, 6.45) is 0. The van der Waals surface area contributed by atoms with Crippen LogP contribution in [0.25, 0.3) is 0 Å². The Kier molecular flexibility index (Phi) is 3.61. The number of benzene rings is 1. The number of anilines is 1. The van der Waals surface area contributed by atoms with Crippen LogP contribution < -0.4 is 5.32 Å². The summed E-state index contributed by atoms with van der Waals surface area (Å²) in [6, 6.07) is 8.38. The van der Waals surface area contributed by atoms with Gasteiger partial charge in [-0.3, -0.25) is 10.1 Å². The Bertz CT molecular complexity index is 528. The third kappa shape index (κ3) is 2.95. The van der Waals surface area contributed by atoms with E-state index in [9.17, 15) is 10.1 Å². The van der Waals surface area contributed by atoms with Gasteiger partial charge in [-0.05, 0) is 17.5 Å². The van der Waals surface area contributed by atoms with E-state index in [-0.39, 0.29) is 5.69 Å². The normalized spacial score (nSPS) is 10.2. The van der Waals surface area contributed by atoms with Crippen molar-refractivity contribution in [3.63, 3.8) is 0 Å². The fourth-order valence-corrected chi connectivity index (χ4v) is 2.24. The first-order valence-corrected chi connectivity index (χ1v) is 6.13. The molecule has 0 saturated heterocycles. The molecule has 1 aromatic heterocycles. The van der Waals surface area contributed by atoms with Gasteiger partial charge in [0.25, 0.3) is 5.69 Å². The zero-order valence-electron chi connectivity index (χ0n) is 8.72. The third-order valence-corrected chi connectivity index (χ3v) is 3.39. The average molecular weight is 269 g/mol. The van der Waals surface area contributed by atoms with Crippen molar-refractivity contribution in [3.8, 4) is 0 Å². The van der Waals surface area contributed by atoms with Crippen LogP contribution in [-0.2, 0) is 6.54 Å². The van der Waals surface area contributed by atoms with Gasteiger partial charge in [-0.15, -0.1) is 11.3 Å². The van der Waals surface area contributed by atoms with Gasteiger partial charge < -0.3 is 5.32 Å². The lowest BCUT2D eigenvalue weighted by atomic mass is 10.3. The van der Waals surface area contributed by atoms with E-state index < -0.39 is 4.92 Å². The Hall–Kier alpha value is -1.59. The molecule has 0 amide bonds. The molecule has 6 heteroatoms. The molecule has 0 aliphatic heterocycles. The average Bonchev–Trinajstić information content (AvgIpc) is 2.80. The number of rotatable bonds is 4. The molecular weight excluding hydrogens is 260 g/mol. The summed E-state index contributed by atoms with van der Waals surface area (Å²) in [4.78, 5) is 11.3. The van der Waals surface area contributed by atoms with Gasteiger partial charge in [0.05, 0.1) is 15.6 Å². The van der Waals surface area contributed by atoms with Crippen LogP contribution in [0.2, 0.25) is 5.02 Å². The SMILES string of the molecule is O=[N+]([O-])c1ccc(NCc2cccs2)c(Cl)c1. The van der Waals surface area contributed by atoms with Crippen LogP contribution in [0, 0.1) is 10.1 Å². The number of hydrogen-bond donors (Lipinski definition) is 1. The maximum Gasteiger partial charge on any atom is 0.271 e. The Morgan fingerprint density at radius 3 is 2.82 bits per heavy atom. The molecule has 88 valence electrons. The highest BCUT2D eigenvalue weighted by atomic mass is 35.5. The number of halogens is 1. The molecule has 0 bridgehead atoms. The number of nitro benzene ring substituents is 1. The molecule has 0 aliphatic rings. The lowest BCUT2D eigenvalue weighted by Gasteiger charge is -2.06. The van der Waals surface area contributed by atoms with Gasteiger partial charge in [0.2, 0.25) is 0 Å². The highest BCUT2D eigenvalue weighted by Crippen LogP contribution is 2.27. The van der Waals surface area contributed by atoms with Crippen molar-refractivity contribution in [1.29, 1.82) is 0 Å². The zero-order chi connectivity index (χ0) is 12.3. The van der Waals surface area contributed by atoms with Crippen molar-refractivity contribution < 1.29 is 4.92 Å². The fraction of sp³-hybridized carbons (Fsp3) is 0.0909. The van der Waals surface area contributed by atoms with Crippen LogP contribution in [0.5, 0.6) is 0 Å². The van der Waals surface area contributed by atoms with Crippen LogP contribution in [-0.4, -0.2) is 4.92 Å². The lowest BCUT2D eigenvalue weighted by Crippen LogP contribution is -1.98. The molecule has 4 nitrogen and oxygen atoms in total. The second-order valence-corrected chi connectivity index (χ2v) is 4.79. The number of non-ortho nitro benzene ring substituents is 1. The van der Waals surface area contributed by atoms with Crippen LogP contribution >= 0.6 is 22.9 Å². The van der Waals surface area contributed by atoms with Gasteiger partial charge in [0.15, 0.2) is 0 Å². The zero-order valence-corrected chi connectivity index (χ0v) is 10.3. The second-order valence-electron chi connectivity index (χ2n) is 3.35. The minimum absolute atomic E-state index is 0.00308. The minimum atomic E-state index is -0.463. The lowest BCUT2D eigenvalue weighted by molar-refractivity contribution is -0.384. The van der Waals surface area contributed by atoms with Crippen LogP contribution in [0.3, 0.4) is 0 Å². The first kappa shape index (κ1) is 11.9. The van der Waals surface area contributed by atoms with Gasteiger partial charge >= 0.3 is 0 Å². The predicted molar refractivity (Wildman–Crippen MR) is 69.8 cm³/mol. The van der Waals surface area contributed by atoms with E-state index in [1.807, 2.05) is 17.5 Å². The van der Waals surface area contributed by atoms with E-state index in [1.54, 1.807) is 17.4 Å². The molecule has 1 heterocycles. The Balaban J connectivity index is 2.09. The molecular formula is C11H9ClN2O2S. The quantitative estimate of drug-likeness (QED) is 0.675. The molecule has 0 unspecified atom stereocenters. The molecule has 0 saturated carbocycles. The first-order chi connectivity index (χ1) is 8.16. The minimum Gasteiger partial charge on any atom is -0.379 e. The topological polar surface area (TPSA) is 55.2 Å². The van der Waals surface area contributed by atoms with E-state index >= 15 is 0 Å². The Morgan fingerprint density at radius 2 is 2.24 bits per heavy atom. The van der Waals surface area contributed by atoms with E-state index in [4.69, 9.17) is 11.6 Å². The number of nitro groups is 1. The number of nitrogens with zero attached hydrogens (tertiary/aromatic N) is 1. The molecule has 0 aliphatic carbocycles. The van der Waals surface area contributed by atoms with Gasteiger partial charge in [-0.2, -0.15) is 0 Å². The highest BCUT2D eigenvalue weighted by molar-refractivity contribution is 7.09. The number of nitrogens with one attached hydrogen (secondary N) is 1. The van der Waals surface area contributed by atoms with E-state index in [0.29, 0.717) is 17.3 Å². The maximum absolute atomic E-state index is 10.5. The van der Waals surface area contributed by atoms with Crippen molar-refractivity contribution in [2.75, 3.05) is 5.32 Å². The van der Waals surface area contributed by atoms with Crippen LogP contribution in [0.4, 0.5) is 11.4 Å². The van der Waals surface area contributed by atoms with E-state index in [1.165, 1.54) is 17.0 Å². The molecule has 0 atom stereocenters. The van der Waals surface area contributed by atoms with Crippen LogP contribution in [0.15, 0.2) is 35.7 Å². The molecule has 2 rings (SSSR count). The van der Waals surface area contributed by atoms with E-state index in [2.05, 4.69) is 5.32 Å². The highest BCUT2D eigenvalue weighted by Gasteiger charge is 2.09.